The molecule has 2 aromatic rings. The van der Waals surface area contributed by atoms with Gasteiger partial charge in [-0.05, 0) is 25.3 Å². The van der Waals surface area contributed by atoms with Gasteiger partial charge in [-0.25, -0.2) is 9.18 Å². The minimum absolute atomic E-state index is 0.0589. The molecule has 0 amide bonds. The van der Waals surface area contributed by atoms with Gasteiger partial charge in [-0.1, -0.05) is 25.1 Å². The summed E-state index contributed by atoms with van der Waals surface area (Å²) in [6.45, 7) is 2.39. The number of carbonyl (C=O) groups is 1. The number of hydrogen-bond donors (Lipinski definition) is 2. The fourth-order valence-electron chi connectivity index (χ4n) is 3.17. The molecule has 3 rings (SSSR count). The molecular formula is C19H23FN4O3. The number of nitrogen functional groups attached to an aromatic ring is 1. The Balaban J connectivity index is 1.87. The van der Waals surface area contributed by atoms with Crippen LogP contribution in [0, 0.1) is 5.82 Å². The summed E-state index contributed by atoms with van der Waals surface area (Å²) < 4.78 is 15.2. The monoisotopic (exact) mass is 374 g/mol. The van der Waals surface area contributed by atoms with Crippen LogP contribution in [0.3, 0.4) is 0 Å². The number of nitrogens with two attached hydrogens (primary N) is 1. The Morgan fingerprint density at radius 1 is 1.33 bits per heavy atom. The van der Waals surface area contributed by atoms with Gasteiger partial charge in [0.2, 0.25) is 0 Å². The number of carbonyl (C=O) groups excluding carboxylic acids is 1. The highest BCUT2D eigenvalue weighted by Crippen LogP contribution is 2.29. The molecule has 1 aliphatic rings. The predicted molar refractivity (Wildman–Crippen MR) is 100 cm³/mol. The number of nitrogens with zero attached hydrogens (tertiary/aromatic N) is 2. The topological polar surface area (TPSA) is 101 Å². The number of halogens is 1. The molecular weight excluding hydrogens is 351 g/mol. The van der Waals surface area contributed by atoms with Crippen LogP contribution >= 0.6 is 0 Å². The fraction of sp³-hybridized carbons (Fsp3) is 0.421. The fourth-order valence-corrected chi connectivity index (χ4v) is 3.17. The Morgan fingerprint density at radius 2 is 2.04 bits per heavy atom. The number of anilines is 1. The zero-order valence-electron chi connectivity index (χ0n) is 15.2. The van der Waals surface area contributed by atoms with Crippen molar-refractivity contribution < 1.29 is 9.18 Å². The van der Waals surface area contributed by atoms with Gasteiger partial charge in [0.1, 0.15) is 17.2 Å². The second-order valence-corrected chi connectivity index (χ2v) is 6.82. The Bertz CT molecular complexity index is 962. The molecule has 1 saturated carbocycles. The van der Waals surface area contributed by atoms with Crippen LogP contribution < -0.4 is 17.0 Å². The Hall–Kier alpha value is -2.74. The largest absolute Gasteiger partial charge is 0.384 e. The molecule has 0 atom stereocenters. The highest BCUT2D eigenvalue weighted by molar-refractivity contribution is 6.01. The average molecular weight is 374 g/mol. The molecule has 27 heavy (non-hydrogen) atoms. The molecule has 1 heterocycles. The summed E-state index contributed by atoms with van der Waals surface area (Å²) in [5, 5.41) is 0. The zero-order chi connectivity index (χ0) is 19.6. The first kappa shape index (κ1) is 19.0. The lowest BCUT2D eigenvalue weighted by Gasteiger charge is -2.22. The second-order valence-electron chi connectivity index (χ2n) is 6.82. The predicted octanol–water partition coefficient (Wildman–Crippen LogP) is 1.52. The number of H-pyrrole nitrogens is 1. The molecule has 0 bridgehead atoms. The van der Waals surface area contributed by atoms with E-state index in [1.54, 1.807) is 18.2 Å². The zero-order valence-corrected chi connectivity index (χ0v) is 15.2. The molecule has 3 N–H and O–H groups in total. The molecule has 7 nitrogen and oxygen atoms in total. The van der Waals surface area contributed by atoms with Crippen molar-refractivity contribution in [2.45, 2.75) is 45.3 Å². The van der Waals surface area contributed by atoms with Gasteiger partial charge in [-0.3, -0.25) is 24.0 Å². The van der Waals surface area contributed by atoms with Crippen molar-refractivity contribution in [1.82, 2.24) is 14.5 Å². The summed E-state index contributed by atoms with van der Waals surface area (Å²) in [7, 11) is 0. The van der Waals surface area contributed by atoms with Gasteiger partial charge in [-0.2, -0.15) is 0 Å². The summed E-state index contributed by atoms with van der Waals surface area (Å²) in [6.07, 6.45) is 2.47. The third kappa shape index (κ3) is 4.16. The van der Waals surface area contributed by atoms with E-state index in [0.29, 0.717) is 18.5 Å². The number of Topliss-reactive ketones (excluding diaryl/α,β-unsaturated/α-hetero) is 1. The maximum absolute atomic E-state index is 14.0. The van der Waals surface area contributed by atoms with Crippen LogP contribution in [0.1, 0.15) is 42.1 Å². The number of aromatic amines is 1. The van der Waals surface area contributed by atoms with E-state index < -0.39 is 17.0 Å². The molecule has 8 heteroatoms. The Morgan fingerprint density at radius 3 is 2.67 bits per heavy atom. The molecule has 1 aliphatic carbocycles. The molecule has 0 unspecified atom stereocenters. The minimum Gasteiger partial charge on any atom is -0.384 e. The summed E-state index contributed by atoms with van der Waals surface area (Å²) in [4.78, 5) is 40.9. The van der Waals surface area contributed by atoms with E-state index in [-0.39, 0.29) is 36.3 Å². The van der Waals surface area contributed by atoms with Gasteiger partial charge in [0.25, 0.3) is 5.56 Å². The number of benzene rings is 1. The second kappa shape index (κ2) is 7.87. The van der Waals surface area contributed by atoms with Gasteiger partial charge in [-0.15, -0.1) is 0 Å². The highest BCUT2D eigenvalue weighted by atomic mass is 19.1. The lowest BCUT2D eigenvalue weighted by Crippen LogP contribution is -2.39. The smallest absolute Gasteiger partial charge is 0.329 e. The summed E-state index contributed by atoms with van der Waals surface area (Å²) >= 11 is 0. The summed E-state index contributed by atoms with van der Waals surface area (Å²) in [5.41, 5.74) is 4.84. The van der Waals surface area contributed by atoms with Crippen LogP contribution in [0.2, 0.25) is 0 Å². The van der Waals surface area contributed by atoms with Crippen molar-refractivity contribution in [3.05, 3.63) is 62.0 Å². The maximum Gasteiger partial charge on any atom is 0.329 e. The lowest BCUT2D eigenvalue weighted by atomic mass is 10.1. The molecule has 0 radical (unpaired) electrons. The van der Waals surface area contributed by atoms with Crippen LogP contribution in [-0.4, -0.2) is 32.8 Å². The first-order valence-corrected chi connectivity index (χ1v) is 9.05. The number of aromatic nitrogens is 2. The molecule has 0 aliphatic heterocycles. The van der Waals surface area contributed by atoms with Crippen molar-refractivity contribution in [3.63, 3.8) is 0 Å². The van der Waals surface area contributed by atoms with Crippen molar-refractivity contribution >= 4 is 11.6 Å². The Labute approximate surface area is 155 Å². The van der Waals surface area contributed by atoms with E-state index >= 15 is 0 Å². The van der Waals surface area contributed by atoms with E-state index in [0.717, 1.165) is 12.8 Å². The van der Waals surface area contributed by atoms with Crippen molar-refractivity contribution in [2.24, 2.45) is 0 Å². The molecule has 1 aromatic heterocycles. The van der Waals surface area contributed by atoms with E-state index in [1.165, 1.54) is 10.6 Å². The lowest BCUT2D eigenvalue weighted by molar-refractivity contribution is 0.0916. The molecule has 0 saturated heterocycles. The van der Waals surface area contributed by atoms with Gasteiger partial charge >= 0.3 is 5.69 Å². The van der Waals surface area contributed by atoms with Crippen LogP contribution in [0.4, 0.5) is 10.2 Å². The molecule has 144 valence electrons. The number of ketones is 1. The molecule has 1 aromatic carbocycles. The van der Waals surface area contributed by atoms with Crippen molar-refractivity contribution in [3.8, 4) is 0 Å². The number of hydrogen-bond acceptors (Lipinski definition) is 5. The van der Waals surface area contributed by atoms with E-state index in [2.05, 4.69) is 4.98 Å². The number of rotatable bonds is 8. The SMILES string of the molecule is CCCn1c(N)c(C(=O)CN(Cc2ccccc2F)C2CC2)c(=O)[nH]c1=O. The van der Waals surface area contributed by atoms with Gasteiger partial charge in [0.05, 0.1) is 6.54 Å². The highest BCUT2D eigenvalue weighted by Gasteiger charge is 2.32. The molecule has 1 fully saturated rings. The third-order valence-corrected chi connectivity index (χ3v) is 4.71. The summed E-state index contributed by atoms with van der Waals surface area (Å²) in [6, 6.07) is 6.59. The van der Waals surface area contributed by atoms with Crippen molar-refractivity contribution in [1.29, 1.82) is 0 Å². The Kier molecular flexibility index (Phi) is 5.55. The first-order valence-electron chi connectivity index (χ1n) is 9.05. The standard InChI is InChI=1S/C19H23FN4O3/c1-2-9-24-17(21)16(18(26)22-19(24)27)15(25)11-23(13-7-8-13)10-12-5-3-4-6-14(12)20/h3-6,13H,2,7-11,21H2,1H3,(H,22,26,27). The summed E-state index contributed by atoms with van der Waals surface area (Å²) in [5.74, 6) is -0.913. The van der Waals surface area contributed by atoms with E-state index in [9.17, 15) is 18.8 Å². The minimum atomic E-state index is -0.781. The van der Waals surface area contributed by atoms with Gasteiger partial charge in [0, 0.05) is 24.7 Å². The quantitative estimate of drug-likeness (QED) is 0.682. The van der Waals surface area contributed by atoms with Gasteiger partial charge < -0.3 is 5.73 Å². The first-order chi connectivity index (χ1) is 12.9. The van der Waals surface area contributed by atoms with Crippen LogP contribution in [-0.2, 0) is 13.1 Å². The van der Waals surface area contributed by atoms with Crippen molar-refractivity contribution in [2.75, 3.05) is 12.3 Å². The van der Waals surface area contributed by atoms with Crippen LogP contribution in [0.25, 0.3) is 0 Å². The maximum atomic E-state index is 14.0. The van der Waals surface area contributed by atoms with E-state index in [4.69, 9.17) is 5.73 Å². The normalized spacial score (nSPS) is 13.9. The third-order valence-electron chi connectivity index (χ3n) is 4.71. The van der Waals surface area contributed by atoms with Crippen LogP contribution in [0.15, 0.2) is 33.9 Å². The number of nitrogens with one attached hydrogen (secondary N) is 1. The van der Waals surface area contributed by atoms with Crippen LogP contribution in [0.5, 0.6) is 0 Å². The van der Waals surface area contributed by atoms with E-state index in [1.807, 2.05) is 11.8 Å². The average Bonchev–Trinajstić information content (AvgIpc) is 3.44. The molecule has 0 spiro atoms. The van der Waals surface area contributed by atoms with Gasteiger partial charge in [0.15, 0.2) is 5.78 Å².